The summed E-state index contributed by atoms with van der Waals surface area (Å²) in [4.78, 5) is 13.4. The highest BCUT2D eigenvalue weighted by atomic mass is 79.9. The van der Waals surface area contributed by atoms with Crippen molar-refractivity contribution >= 4 is 21.7 Å². The zero-order valence-corrected chi connectivity index (χ0v) is 8.82. The van der Waals surface area contributed by atoms with Gasteiger partial charge in [-0.15, -0.1) is 0 Å². The Bertz CT molecular complexity index is 378. The van der Waals surface area contributed by atoms with Crippen LogP contribution in [0.1, 0.15) is 12.0 Å². The summed E-state index contributed by atoms with van der Waals surface area (Å²) in [6.45, 7) is 0. The van der Waals surface area contributed by atoms with Gasteiger partial charge < -0.3 is 10.1 Å². The SMILES string of the molecule is O=[N+]([O-])c1ccc(C#CCCBr)cn1. The van der Waals surface area contributed by atoms with E-state index in [0.29, 0.717) is 5.56 Å². The Balaban J connectivity index is 2.75. The van der Waals surface area contributed by atoms with Crippen LogP contribution in [0.25, 0.3) is 0 Å². The summed E-state index contributed by atoms with van der Waals surface area (Å²) in [5, 5.41) is 11.1. The Morgan fingerprint density at radius 1 is 1.57 bits per heavy atom. The fraction of sp³-hybridized carbons (Fsp3) is 0.222. The Labute approximate surface area is 89.6 Å². The molecular weight excluding hydrogens is 248 g/mol. The van der Waals surface area contributed by atoms with Gasteiger partial charge in [0, 0.05) is 17.8 Å². The van der Waals surface area contributed by atoms with Gasteiger partial charge in [-0.2, -0.15) is 0 Å². The maximum absolute atomic E-state index is 10.3. The Morgan fingerprint density at radius 3 is 2.86 bits per heavy atom. The van der Waals surface area contributed by atoms with E-state index in [1.165, 1.54) is 12.3 Å². The molecule has 0 aromatic carbocycles. The Hall–Kier alpha value is -1.41. The van der Waals surface area contributed by atoms with Gasteiger partial charge in [-0.3, -0.25) is 0 Å². The summed E-state index contributed by atoms with van der Waals surface area (Å²) in [7, 11) is 0. The van der Waals surface area contributed by atoms with Crippen LogP contribution in [0.5, 0.6) is 0 Å². The zero-order chi connectivity index (χ0) is 10.4. The van der Waals surface area contributed by atoms with Crippen LogP contribution < -0.4 is 0 Å². The van der Waals surface area contributed by atoms with Gasteiger partial charge in [-0.25, -0.2) is 0 Å². The molecule has 0 unspecified atom stereocenters. The van der Waals surface area contributed by atoms with Crippen molar-refractivity contribution in [2.24, 2.45) is 0 Å². The molecule has 4 nitrogen and oxygen atoms in total. The number of aromatic nitrogens is 1. The van der Waals surface area contributed by atoms with Crippen LogP contribution in [0.2, 0.25) is 0 Å². The van der Waals surface area contributed by atoms with E-state index in [-0.39, 0.29) is 5.82 Å². The minimum absolute atomic E-state index is 0.156. The smallest absolute Gasteiger partial charge is 0.358 e. The number of alkyl halides is 1. The number of hydrogen-bond acceptors (Lipinski definition) is 3. The van der Waals surface area contributed by atoms with Gasteiger partial charge in [-0.05, 0) is 16.0 Å². The number of hydrogen-bond donors (Lipinski definition) is 0. The monoisotopic (exact) mass is 254 g/mol. The normalized spacial score (nSPS) is 8.93. The molecule has 0 N–H and O–H groups in total. The van der Waals surface area contributed by atoms with Gasteiger partial charge in [0.15, 0.2) is 6.20 Å². The largest absolute Gasteiger partial charge is 0.363 e. The average molecular weight is 255 g/mol. The second-order valence-corrected chi connectivity index (χ2v) is 3.20. The van der Waals surface area contributed by atoms with Crippen LogP contribution >= 0.6 is 15.9 Å². The molecule has 0 aliphatic rings. The highest BCUT2D eigenvalue weighted by Gasteiger charge is 2.04. The standard InChI is InChI=1S/C9H7BrN2O2/c10-6-2-1-3-8-4-5-9(11-7-8)12(13)14/h4-5,7H,2,6H2. The first-order valence-corrected chi connectivity index (χ1v) is 5.01. The van der Waals surface area contributed by atoms with Crippen LogP contribution in [0, 0.1) is 22.0 Å². The van der Waals surface area contributed by atoms with E-state index in [2.05, 4.69) is 32.8 Å². The van der Waals surface area contributed by atoms with Gasteiger partial charge >= 0.3 is 5.82 Å². The Morgan fingerprint density at radius 2 is 2.36 bits per heavy atom. The molecule has 1 aromatic heterocycles. The van der Waals surface area contributed by atoms with Crippen molar-refractivity contribution in [1.29, 1.82) is 0 Å². The third-order valence-electron chi connectivity index (χ3n) is 1.39. The van der Waals surface area contributed by atoms with Crippen molar-refractivity contribution in [3.63, 3.8) is 0 Å². The lowest BCUT2D eigenvalue weighted by Crippen LogP contribution is -1.91. The number of rotatable bonds is 2. The number of halogens is 1. The van der Waals surface area contributed by atoms with E-state index in [1.807, 2.05) is 0 Å². The van der Waals surface area contributed by atoms with E-state index in [4.69, 9.17) is 0 Å². The quantitative estimate of drug-likeness (QED) is 0.352. The molecule has 0 fully saturated rings. The number of nitro groups is 1. The molecular formula is C9H7BrN2O2. The van der Waals surface area contributed by atoms with Crippen LogP contribution in [-0.2, 0) is 0 Å². The molecule has 0 spiro atoms. The third-order valence-corrected chi connectivity index (χ3v) is 1.78. The molecule has 1 heterocycles. The molecule has 14 heavy (non-hydrogen) atoms. The Kier molecular flexibility index (Phi) is 4.08. The highest BCUT2D eigenvalue weighted by molar-refractivity contribution is 9.09. The molecule has 0 amide bonds. The molecule has 1 aromatic rings. The summed E-state index contributed by atoms with van der Waals surface area (Å²) in [6.07, 6.45) is 2.15. The van der Waals surface area contributed by atoms with Gasteiger partial charge in [0.1, 0.15) is 0 Å². The van der Waals surface area contributed by atoms with Crippen molar-refractivity contribution in [2.45, 2.75) is 6.42 Å². The zero-order valence-electron chi connectivity index (χ0n) is 7.24. The lowest BCUT2D eigenvalue weighted by atomic mass is 10.3. The average Bonchev–Trinajstić information content (AvgIpc) is 2.19. The molecule has 0 saturated carbocycles. The predicted octanol–water partition coefficient (Wildman–Crippen LogP) is 2.13. The van der Waals surface area contributed by atoms with Gasteiger partial charge in [0.05, 0.1) is 5.56 Å². The van der Waals surface area contributed by atoms with E-state index in [1.54, 1.807) is 6.07 Å². The highest BCUT2D eigenvalue weighted by Crippen LogP contribution is 2.06. The summed E-state index contributed by atoms with van der Waals surface area (Å²) in [5.41, 5.74) is 0.691. The van der Waals surface area contributed by atoms with E-state index in [0.717, 1.165) is 11.8 Å². The van der Waals surface area contributed by atoms with Crippen LogP contribution in [0.4, 0.5) is 5.82 Å². The molecule has 72 valence electrons. The first-order chi connectivity index (χ1) is 6.74. The molecule has 0 aliphatic carbocycles. The first-order valence-electron chi connectivity index (χ1n) is 3.89. The second kappa shape index (κ2) is 5.35. The summed E-state index contributed by atoms with van der Waals surface area (Å²) < 4.78 is 0. The maximum atomic E-state index is 10.3. The lowest BCUT2D eigenvalue weighted by Gasteiger charge is -1.89. The fourth-order valence-electron chi connectivity index (χ4n) is 0.780. The minimum Gasteiger partial charge on any atom is -0.358 e. The number of pyridine rings is 1. The maximum Gasteiger partial charge on any atom is 0.363 e. The lowest BCUT2D eigenvalue weighted by molar-refractivity contribution is -0.389. The predicted molar refractivity (Wildman–Crippen MR) is 56.2 cm³/mol. The van der Waals surface area contributed by atoms with Gasteiger partial charge in [-0.1, -0.05) is 27.8 Å². The minimum atomic E-state index is -0.532. The molecule has 0 bridgehead atoms. The van der Waals surface area contributed by atoms with Crippen molar-refractivity contribution in [3.8, 4) is 11.8 Å². The van der Waals surface area contributed by atoms with Crippen LogP contribution in [0.15, 0.2) is 18.3 Å². The molecule has 0 atom stereocenters. The summed E-state index contributed by atoms with van der Waals surface area (Å²) in [6, 6.07) is 2.94. The number of nitrogens with zero attached hydrogens (tertiary/aromatic N) is 2. The molecule has 5 heteroatoms. The van der Waals surface area contributed by atoms with Crippen molar-refractivity contribution in [2.75, 3.05) is 5.33 Å². The topological polar surface area (TPSA) is 56.0 Å². The van der Waals surface area contributed by atoms with Crippen molar-refractivity contribution in [1.82, 2.24) is 4.98 Å². The van der Waals surface area contributed by atoms with Crippen molar-refractivity contribution < 1.29 is 4.92 Å². The fourth-order valence-corrected chi connectivity index (χ4v) is 0.978. The van der Waals surface area contributed by atoms with Gasteiger partial charge in [0.25, 0.3) is 0 Å². The molecule has 0 radical (unpaired) electrons. The van der Waals surface area contributed by atoms with E-state index in [9.17, 15) is 10.1 Å². The third kappa shape index (κ3) is 3.15. The van der Waals surface area contributed by atoms with Gasteiger partial charge in [0.2, 0.25) is 0 Å². The molecule has 0 aliphatic heterocycles. The molecule has 0 saturated heterocycles. The summed E-state index contributed by atoms with van der Waals surface area (Å²) in [5.74, 6) is 5.58. The van der Waals surface area contributed by atoms with Crippen molar-refractivity contribution in [3.05, 3.63) is 34.0 Å². The van der Waals surface area contributed by atoms with E-state index >= 15 is 0 Å². The van der Waals surface area contributed by atoms with Crippen LogP contribution in [0.3, 0.4) is 0 Å². The molecule has 1 rings (SSSR count). The summed E-state index contributed by atoms with van der Waals surface area (Å²) >= 11 is 3.25. The van der Waals surface area contributed by atoms with E-state index < -0.39 is 4.92 Å². The first kappa shape index (κ1) is 10.7. The van der Waals surface area contributed by atoms with Crippen LogP contribution in [-0.4, -0.2) is 15.2 Å². The second-order valence-electron chi connectivity index (χ2n) is 2.40.